The summed E-state index contributed by atoms with van der Waals surface area (Å²) in [6, 6.07) is 9.95. The van der Waals surface area contributed by atoms with Crippen LogP contribution in [0.2, 0.25) is 0 Å². The minimum absolute atomic E-state index is 0.138. The lowest BCUT2D eigenvalue weighted by molar-refractivity contribution is -0.143. The average molecular weight is 275 g/mol. The normalized spacial score (nSPS) is 20.4. The fourth-order valence-corrected chi connectivity index (χ4v) is 2.74. The molecule has 0 saturated carbocycles. The Morgan fingerprint density at radius 2 is 1.85 bits per heavy atom. The Kier molecular flexibility index (Phi) is 4.81. The number of piperidine rings is 1. The number of likely N-dealkylation sites (tertiary alicyclic amines) is 1. The maximum absolute atomic E-state index is 12.1. The van der Waals surface area contributed by atoms with Gasteiger partial charge in [-0.2, -0.15) is 0 Å². The Morgan fingerprint density at radius 1 is 1.25 bits per heavy atom. The molecule has 1 aromatic carbocycles. The van der Waals surface area contributed by atoms with Gasteiger partial charge in [0.1, 0.15) is 0 Å². The molecule has 0 spiro atoms. The number of rotatable bonds is 4. The van der Waals surface area contributed by atoms with Crippen LogP contribution >= 0.6 is 0 Å². The average Bonchev–Trinajstić information content (AvgIpc) is 2.46. The van der Waals surface area contributed by atoms with Crippen LogP contribution in [0.3, 0.4) is 0 Å². The summed E-state index contributed by atoms with van der Waals surface area (Å²) >= 11 is 0. The van der Waals surface area contributed by atoms with E-state index in [0.29, 0.717) is 5.41 Å². The van der Waals surface area contributed by atoms with Crippen LogP contribution in [0.1, 0.15) is 38.2 Å². The smallest absolute Gasteiger partial charge is 0.314 e. The van der Waals surface area contributed by atoms with Crippen LogP contribution in [0.25, 0.3) is 0 Å². The van der Waals surface area contributed by atoms with E-state index < -0.39 is 0 Å². The van der Waals surface area contributed by atoms with Crippen molar-refractivity contribution in [2.24, 2.45) is 5.41 Å². The van der Waals surface area contributed by atoms with Gasteiger partial charge in [0.25, 0.3) is 0 Å². The molecule has 1 aliphatic rings. The van der Waals surface area contributed by atoms with Crippen molar-refractivity contribution in [1.29, 1.82) is 0 Å². The molecule has 1 unspecified atom stereocenters. The Bertz CT molecular complexity index is 432. The number of carbonyl (C=O) groups is 1. The van der Waals surface area contributed by atoms with Gasteiger partial charge in [0.2, 0.25) is 0 Å². The third-order valence-electron chi connectivity index (χ3n) is 4.34. The minimum atomic E-state index is -0.178. The van der Waals surface area contributed by atoms with E-state index >= 15 is 0 Å². The molecule has 1 fully saturated rings. The standard InChI is InChI=1S/C17H25NO2/c1-17(2)9-11-18(12-10-17)13-15(16(19)20-3)14-7-5-4-6-8-14/h4-8,15H,9-13H2,1-3H3. The van der Waals surface area contributed by atoms with Crippen LogP contribution in [0.5, 0.6) is 0 Å². The zero-order valence-corrected chi connectivity index (χ0v) is 12.8. The summed E-state index contributed by atoms with van der Waals surface area (Å²) in [7, 11) is 1.47. The van der Waals surface area contributed by atoms with Gasteiger partial charge < -0.3 is 9.64 Å². The van der Waals surface area contributed by atoms with Crippen LogP contribution in [0.4, 0.5) is 0 Å². The van der Waals surface area contributed by atoms with Gasteiger partial charge in [-0.25, -0.2) is 0 Å². The number of esters is 1. The second kappa shape index (κ2) is 6.40. The zero-order valence-electron chi connectivity index (χ0n) is 12.8. The highest BCUT2D eigenvalue weighted by Gasteiger charge is 2.29. The fraction of sp³-hybridized carbons (Fsp3) is 0.588. The summed E-state index contributed by atoms with van der Waals surface area (Å²) in [6.45, 7) is 7.52. The second-order valence-electron chi connectivity index (χ2n) is 6.45. The monoisotopic (exact) mass is 275 g/mol. The van der Waals surface area contributed by atoms with E-state index in [9.17, 15) is 4.79 Å². The molecule has 0 bridgehead atoms. The van der Waals surface area contributed by atoms with Crippen molar-refractivity contribution >= 4 is 5.97 Å². The number of carbonyl (C=O) groups excluding carboxylic acids is 1. The van der Waals surface area contributed by atoms with E-state index in [0.717, 1.165) is 25.2 Å². The number of nitrogens with zero attached hydrogens (tertiary/aromatic N) is 1. The number of benzene rings is 1. The molecule has 0 aliphatic carbocycles. The third-order valence-corrected chi connectivity index (χ3v) is 4.34. The molecule has 20 heavy (non-hydrogen) atoms. The molecule has 110 valence electrons. The molecule has 1 aliphatic heterocycles. The molecule has 1 saturated heterocycles. The van der Waals surface area contributed by atoms with Crippen LogP contribution in [-0.4, -0.2) is 37.6 Å². The lowest BCUT2D eigenvalue weighted by atomic mass is 9.82. The van der Waals surface area contributed by atoms with Crippen molar-refractivity contribution in [1.82, 2.24) is 4.90 Å². The maximum atomic E-state index is 12.1. The predicted molar refractivity (Wildman–Crippen MR) is 80.7 cm³/mol. The molecule has 3 nitrogen and oxygen atoms in total. The SMILES string of the molecule is COC(=O)C(CN1CCC(C)(C)CC1)c1ccccc1. The van der Waals surface area contributed by atoms with E-state index in [1.807, 2.05) is 30.3 Å². The minimum Gasteiger partial charge on any atom is -0.469 e. The predicted octanol–water partition coefficient (Wildman–Crippen LogP) is 3.07. The molecular formula is C17H25NO2. The van der Waals surface area contributed by atoms with Crippen molar-refractivity contribution < 1.29 is 9.53 Å². The molecule has 1 heterocycles. The van der Waals surface area contributed by atoms with Gasteiger partial charge in [0.05, 0.1) is 13.0 Å². The van der Waals surface area contributed by atoms with Crippen LogP contribution in [-0.2, 0) is 9.53 Å². The van der Waals surface area contributed by atoms with Gasteiger partial charge in [-0.15, -0.1) is 0 Å². The number of methoxy groups -OCH3 is 1. The molecule has 3 heteroatoms. The quantitative estimate of drug-likeness (QED) is 0.791. The first-order valence-electron chi connectivity index (χ1n) is 7.37. The number of hydrogen-bond donors (Lipinski definition) is 0. The van der Waals surface area contributed by atoms with Gasteiger partial charge in [0.15, 0.2) is 0 Å². The highest BCUT2D eigenvalue weighted by atomic mass is 16.5. The van der Waals surface area contributed by atoms with Crippen molar-refractivity contribution in [3.8, 4) is 0 Å². The second-order valence-corrected chi connectivity index (χ2v) is 6.45. The molecule has 0 radical (unpaired) electrons. The van der Waals surface area contributed by atoms with Crippen LogP contribution < -0.4 is 0 Å². The first-order chi connectivity index (χ1) is 9.52. The summed E-state index contributed by atoms with van der Waals surface area (Å²) < 4.78 is 4.98. The Balaban J connectivity index is 2.04. The maximum Gasteiger partial charge on any atom is 0.314 e. The first kappa shape index (κ1) is 15.0. The van der Waals surface area contributed by atoms with E-state index in [1.54, 1.807) is 0 Å². The summed E-state index contributed by atoms with van der Waals surface area (Å²) in [5.41, 5.74) is 1.48. The van der Waals surface area contributed by atoms with Gasteiger partial charge >= 0.3 is 5.97 Å². The van der Waals surface area contributed by atoms with Crippen molar-refractivity contribution in [3.63, 3.8) is 0 Å². The molecule has 0 amide bonds. The number of hydrogen-bond acceptors (Lipinski definition) is 3. The summed E-state index contributed by atoms with van der Waals surface area (Å²) in [6.07, 6.45) is 2.38. The summed E-state index contributed by atoms with van der Waals surface area (Å²) in [4.78, 5) is 14.5. The fourth-order valence-electron chi connectivity index (χ4n) is 2.74. The van der Waals surface area contributed by atoms with E-state index in [1.165, 1.54) is 20.0 Å². The van der Waals surface area contributed by atoms with Gasteiger partial charge in [-0.1, -0.05) is 44.2 Å². The first-order valence-corrected chi connectivity index (χ1v) is 7.37. The van der Waals surface area contributed by atoms with Gasteiger partial charge in [0, 0.05) is 6.54 Å². The molecule has 0 N–H and O–H groups in total. The van der Waals surface area contributed by atoms with E-state index in [2.05, 4.69) is 18.7 Å². The van der Waals surface area contributed by atoms with Crippen LogP contribution in [0.15, 0.2) is 30.3 Å². The molecule has 2 rings (SSSR count). The third kappa shape index (κ3) is 3.83. The van der Waals surface area contributed by atoms with Crippen LogP contribution in [0, 0.1) is 5.41 Å². The Hall–Kier alpha value is -1.35. The highest BCUT2D eigenvalue weighted by molar-refractivity contribution is 5.78. The topological polar surface area (TPSA) is 29.5 Å². The van der Waals surface area contributed by atoms with E-state index in [4.69, 9.17) is 4.74 Å². The Morgan fingerprint density at radius 3 is 2.40 bits per heavy atom. The largest absolute Gasteiger partial charge is 0.469 e. The lowest BCUT2D eigenvalue weighted by Gasteiger charge is -2.38. The molecular weight excluding hydrogens is 250 g/mol. The van der Waals surface area contributed by atoms with Gasteiger partial charge in [-0.3, -0.25) is 4.79 Å². The summed E-state index contributed by atoms with van der Waals surface area (Å²) in [5.74, 6) is -0.316. The zero-order chi connectivity index (χ0) is 14.6. The molecule has 1 atom stereocenters. The van der Waals surface area contributed by atoms with Gasteiger partial charge in [-0.05, 0) is 36.9 Å². The van der Waals surface area contributed by atoms with Crippen molar-refractivity contribution in [2.75, 3.05) is 26.7 Å². The van der Waals surface area contributed by atoms with E-state index in [-0.39, 0.29) is 11.9 Å². The highest BCUT2D eigenvalue weighted by Crippen LogP contribution is 2.31. The molecule has 0 aromatic heterocycles. The Labute approximate surface area is 121 Å². The summed E-state index contributed by atoms with van der Waals surface area (Å²) in [5, 5.41) is 0. The van der Waals surface area contributed by atoms with Crippen molar-refractivity contribution in [3.05, 3.63) is 35.9 Å². The van der Waals surface area contributed by atoms with Crippen molar-refractivity contribution in [2.45, 2.75) is 32.6 Å². The molecule has 1 aromatic rings. The lowest BCUT2D eigenvalue weighted by Crippen LogP contribution is -2.40. The number of ether oxygens (including phenoxy) is 1.